The molecule has 1 fully saturated rings. The van der Waals surface area contributed by atoms with E-state index in [2.05, 4.69) is 9.47 Å². The first kappa shape index (κ1) is 11.0. The third kappa shape index (κ3) is 2.72. The van der Waals surface area contributed by atoms with E-state index in [1.165, 1.54) is 14.2 Å². The van der Waals surface area contributed by atoms with Gasteiger partial charge < -0.3 is 9.47 Å². The van der Waals surface area contributed by atoms with E-state index >= 15 is 0 Å². The highest BCUT2D eigenvalue weighted by Gasteiger charge is 2.34. The fraction of sp³-hybridized carbons (Fsp3) is 0.800. The zero-order valence-corrected chi connectivity index (χ0v) is 8.62. The van der Waals surface area contributed by atoms with Crippen molar-refractivity contribution in [2.24, 2.45) is 11.8 Å². The lowest BCUT2D eigenvalue weighted by Gasteiger charge is -2.35. The summed E-state index contributed by atoms with van der Waals surface area (Å²) in [7, 11) is 2.77. The van der Waals surface area contributed by atoms with Gasteiger partial charge in [-0.2, -0.15) is 0 Å². The Balaban J connectivity index is 2.28. The Kier molecular flexibility index (Phi) is 3.92. The number of carbonyl (C=O) groups is 2. The SMILES string of the molecule is COC(=O)C[C@@H]1CC[C@H]1CC(=O)OC. The van der Waals surface area contributed by atoms with E-state index in [9.17, 15) is 9.59 Å². The zero-order valence-electron chi connectivity index (χ0n) is 8.62. The van der Waals surface area contributed by atoms with Crippen LogP contribution in [0.1, 0.15) is 25.7 Å². The van der Waals surface area contributed by atoms with Gasteiger partial charge in [0.1, 0.15) is 0 Å². The van der Waals surface area contributed by atoms with E-state index in [0.29, 0.717) is 24.7 Å². The van der Waals surface area contributed by atoms with Gasteiger partial charge in [-0.3, -0.25) is 9.59 Å². The summed E-state index contributed by atoms with van der Waals surface area (Å²) in [5.41, 5.74) is 0. The van der Waals surface area contributed by atoms with Crippen LogP contribution in [0.15, 0.2) is 0 Å². The van der Waals surface area contributed by atoms with Crippen LogP contribution in [0.3, 0.4) is 0 Å². The van der Waals surface area contributed by atoms with Crippen LogP contribution in [-0.2, 0) is 19.1 Å². The van der Waals surface area contributed by atoms with Gasteiger partial charge in [-0.15, -0.1) is 0 Å². The van der Waals surface area contributed by atoms with E-state index in [1.807, 2.05) is 0 Å². The third-order valence-electron chi connectivity index (χ3n) is 2.89. The molecule has 80 valence electrons. The molecule has 4 nitrogen and oxygen atoms in total. The Labute approximate surface area is 83.6 Å². The zero-order chi connectivity index (χ0) is 10.6. The van der Waals surface area contributed by atoms with Crippen LogP contribution in [0.5, 0.6) is 0 Å². The fourth-order valence-electron chi connectivity index (χ4n) is 1.77. The average Bonchev–Trinajstić information content (AvgIpc) is 2.19. The number of esters is 2. The summed E-state index contributed by atoms with van der Waals surface area (Å²) in [4.78, 5) is 22.0. The van der Waals surface area contributed by atoms with Crippen molar-refractivity contribution in [1.82, 2.24) is 0 Å². The Bertz CT molecular complexity index is 200. The second-order valence-corrected chi connectivity index (χ2v) is 3.66. The van der Waals surface area contributed by atoms with Crippen LogP contribution in [0.2, 0.25) is 0 Å². The van der Waals surface area contributed by atoms with Gasteiger partial charge in [-0.05, 0) is 24.7 Å². The molecule has 0 saturated heterocycles. The number of carbonyl (C=O) groups excluding carboxylic acids is 2. The van der Waals surface area contributed by atoms with E-state index in [0.717, 1.165) is 12.8 Å². The number of hydrogen-bond acceptors (Lipinski definition) is 4. The Morgan fingerprint density at radius 1 is 1.00 bits per heavy atom. The molecule has 0 aromatic rings. The third-order valence-corrected chi connectivity index (χ3v) is 2.89. The van der Waals surface area contributed by atoms with Crippen LogP contribution in [0, 0.1) is 11.8 Å². The Morgan fingerprint density at radius 2 is 1.36 bits per heavy atom. The number of rotatable bonds is 4. The average molecular weight is 200 g/mol. The smallest absolute Gasteiger partial charge is 0.305 e. The Morgan fingerprint density at radius 3 is 1.57 bits per heavy atom. The quantitative estimate of drug-likeness (QED) is 0.638. The van der Waals surface area contributed by atoms with Crippen molar-refractivity contribution in [2.45, 2.75) is 25.7 Å². The molecule has 1 aliphatic carbocycles. The lowest BCUT2D eigenvalue weighted by Crippen LogP contribution is -2.30. The minimum Gasteiger partial charge on any atom is -0.469 e. The second-order valence-electron chi connectivity index (χ2n) is 3.66. The molecule has 0 unspecified atom stereocenters. The molecular formula is C10H16O4. The largest absolute Gasteiger partial charge is 0.469 e. The van der Waals surface area contributed by atoms with Gasteiger partial charge >= 0.3 is 11.9 Å². The van der Waals surface area contributed by atoms with Crippen molar-refractivity contribution >= 4 is 11.9 Å². The first-order valence-corrected chi connectivity index (χ1v) is 4.81. The van der Waals surface area contributed by atoms with Crippen LogP contribution in [0.4, 0.5) is 0 Å². The van der Waals surface area contributed by atoms with Gasteiger partial charge in [0.15, 0.2) is 0 Å². The first-order valence-electron chi connectivity index (χ1n) is 4.81. The van der Waals surface area contributed by atoms with Gasteiger partial charge in [-0.25, -0.2) is 0 Å². The van der Waals surface area contributed by atoms with Gasteiger partial charge in [0.05, 0.1) is 14.2 Å². The molecule has 14 heavy (non-hydrogen) atoms. The molecule has 0 bridgehead atoms. The van der Waals surface area contributed by atoms with Crippen molar-refractivity contribution in [3.8, 4) is 0 Å². The summed E-state index contributed by atoms with van der Waals surface area (Å²) in [6.07, 6.45) is 2.88. The molecule has 0 radical (unpaired) electrons. The maximum absolute atomic E-state index is 11.0. The second kappa shape index (κ2) is 4.98. The molecule has 1 rings (SSSR count). The van der Waals surface area contributed by atoms with Gasteiger partial charge in [0.2, 0.25) is 0 Å². The van der Waals surface area contributed by atoms with Crippen molar-refractivity contribution in [2.75, 3.05) is 14.2 Å². The predicted octanol–water partition coefficient (Wildman–Crippen LogP) is 1.14. The van der Waals surface area contributed by atoms with Crippen molar-refractivity contribution in [3.05, 3.63) is 0 Å². The van der Waals surface area contributed by atoms with Gasteiger partial charge in [0, 0.05) is 12.8 Å². The highest BCUT2D eigenvalue weighted by molar-refractivity contribution is 5.71. The first-order chi connectivity index (χ1) is 6.67. The lowest BCUT2D eigenvalue weighted by molar-refractivity contribution is -0.147. The van der Waals surface area contributed by atoms with E-state index in [1.54, 1.807) is 0 Å². The molecule has 1 aliphatic rings. The molecule has 2 atom stereocenters. The molecule has 0 aliphatic heterocycles. The lowest BCUT2D eigenvalue weighted by atomic mass is 9.70. The summed E-state index contributed by atoms with van der Waals surface area (Å²) in [6.45, 7) is 0. The normalized spacial score (nSPS) is 25.0. The molecule has 1 saturated carbocycles. The maximum Gasteiger partial charge on any atom is 0.305 e. The van der Waals surface area contributed by atoms with Crippen LogP contribution >= 0.6 is 0 Å². The monoisotopic (exact) mass is 200 g/mol. The molecule has 0 amide bonds. The van der Waals surface area contributed by atoms with Crippen LogP contribution < -0.4 is 0 Å². The number of ether oxygens (including phenoxy) is 2. The van der Waals surface area contributed by atoms with E-state index in [4.69, 9.17) is 0 Å². The van der Waals surface area contributed by atoms with Crippen molar-refractivity contribution in [1.29, 1.82) is 0 Å². The highest BCUT2D eigenvalue weighted by atomic mass is 16.5. The minimum atomic E-state index is -0.190. The highest BCUT2D eigenvalue weighted by Crippen LogP contribution is 2.39. The number of hydrogen-bond donors (Lipinski definition) is 0. The molecule has 0 N–H and O–H groups in total. The summed E-state index contributed by atoms with van der Waals surface area (Å²) in [5, 5.41) is 0. The number of methoxy groups -OCH3 is 2. The van der Waals surface area contributed by atoms with Gasteiger partial charge in [0.25, 0.3) is 0 Å². The summed E-state index contributed by atoms with van der Waals surface area (Å²) < 4.78 is 9.16. The summed E-state index contributed by atoms with van der Waals surface area (Å²) in [6, 6.07) is 0. The van der Waals surface area contributed by atoms with Crippen molar-refractivity contribution in [3.63, 3.8) is 0 Å². The molecule has 0 heterocycles. The standard InChI is InChI=1S/C10H16O4/c1-13-9(11)5-7-3-4-8(7)6-10(12)14-2/h7-8H,3-6H2,1-2H3/t7-,8-/m0/s1. The minimum absolute atomic E-state index is 0.190. The van der Waals surface area contributed by atoms with Crippen LogP contribution in [-0.4, -0.2) is 26.2 Å². The summed E-state index contributed by atoms with van der Waals surface area (Å²) >= 11 is 0. The van der Waals surface area contributed by atoms with E-state index < -0.39 is 0 Å². The van der Waals surface area contributed by atoms with E-state index in [-0.39, 0.29) is 11.9 Å². The molecule has 0 spiro atoms. The molecular weight excluding hydrogens is 184 g/mol. The Hall–Kier alpha value is -1.06. The van der Waals surface area contributed by atoms with Crippen LogP contribution in [0.25, 0.3) is 0 Å². The fourth-order valence-corrected chi connectivity index (χ4v) is 1.77. The molecule has 4 heteroatoms. The van der Waals surface area contributed by atoms with Gasteiger partial charge in [-0.1, -0.05) is 0 Å². The topological polar surface area (TPSA) is 52.6 Å². The predicted molar refractivity (Wildman–Crippen MR) is 49.5 cm³/mol. The molecule has 0 aromatic heterocycles. The van der Waals surface area contributed by atoms with Crippen molar-refractivity contribution < 1.29 is 19.1 Å². The molecule has 0 aromatic carbocycles. The summed E-state index contributed by atoms with van der Waals surface area (Å²) in [5.74, 6) is 0.234. The maximum atomic E-state index is 11.0.